The Morgan fingerprint density at radius 3 is 2.55 bits per heavy atom. The lowest BCUT2D eigenvalue weighted by Crippen LogP contribution is -2.02. The molecule has 0 unspecified atom stereocenters. The SMILES string of the molecule is N#Cc1ccc(COc2cccc(-c3cc(F)c(Cc4nc(-c5cc(=O)[nH]o5)c(Cl)[nH]4)cc3F)n2)c(F)c1. The molecule has 5 rings (SSSR count). The highest BCUT2D eigenvalue weighted by Gasteiger charge is 2.18. The number of nitriles is 1. The van der Waals surface area contributed by atoms with E-state index in [1.54, 1.807) is 6.07 Å². The number of halogens is 4. The van der Waals surface area contributed by atoms with Crippen LogP contribution in [0, 0.1) is 28.8 Å². The molecule has 3 aromatic heterocycles. The molecule has 0 fully saturated rings. The van der Waals surface area contributed by atoms with E-state index in [4.69, 9.17) is 26.1 Å². The molecule has 3 heterocycles. The summed E-state index contributed by atoms with van der Waals surface area (Å²) in [5, 5.41) is 11.0. The highest BCUT2D eigenvalue weighted by atomic mass is 35.5. The van der Waals surface area contributed by atoms with Crippen LogP contribution in [0.4, 0.5) is 13.2 Å². The van der Waals surface area contributed by atoms with Gasteiger partial charge in [0.15, 0.2) is 5.76 Å². The van der Waals surface area contributed by atoms with Crippen LogP contribution in [0.25, 0.3) is 22.7 Å². The van der Waals surface area contributed by atoms with Crippen molar-refractivity contribution in [3.63, 3.8) is 0 Å². The van der Waals surface area contributed by atoms with Gasteiger partial charge in [-0.15, -0.1) is 0 Å². The van der Waals surface area contributed by atoms with E-state index in [2.05, 4.69) is 20.1 Å². The van der Waals surface area contributed by atoms with E-state index in [1.165, 1.54) is 24.3 Å². The number of imidazole rings is 1. The Morgan fingerprint density at radius 2 is 1.82 bits per heavy atom. The zero-order chi connectivity index (χ0) is 26.8. The van der Waals surface area contributed by atoms with Gasteiger partial charge in [0.25, 0.3) is 5.56 Å². The van der Waals surface area contributed by atoms with Crippen molar-refractivity contribution in [1.82, 2.24) is 20.1 Å². The lowest BCUT2D eigenvalue weighted by atomic mass is 10.0. The molecule has 0 atom stereocenters. The van der Waals surface area contributed by atoms with Gasteiger partial charge in [-0.3, -0.25) is 4.79 Å². The summed E-state index contributed by atoms with van der Waals surface area (Å²) in [5.74, 6) is -1.66. The van der Waals surface area contributed by atoms with Crippen molar-refractivity contribution in [2.75, 3.05) is 0 Å². The van der Waals surface area contributed by atoms with Crippen molar-refractivity contribution >= 4 is 11.6 Å². The fraction of sp³-hybridized carbons (Fsp3) is 0.0769. The van der Waals surface area contributed by atoms with Crippen LogP contribution in [0.15, 0.2) is 63.9 Å². The Balaban J connectivity index is 1.34. The van der Waals surface area contributed by atoms with Crippen molar-refractivity contribution < 1.29 is 22.4 Å². The van der Waals surface area contributed by atoms with Gasteiger partial charge in [-0.1, -0.05) is 23.7 Å². The minimum atomic E-state index is -0.737. The van der Waals surface area contributed by atoms with Crippen LogP contribution in [0.5, 0.6) is 5.88 Å². The van der Waals surface area contributed by atoms with Crippen LogP contribution in [-0.4, -0.2) is 20.1 Å². The zero-order valence-electron chi connectivity index (χ0n) is 19.2. The molecule has 0 amide bonds. The quantitative estimate of drug-likeness (QED) is 0.281. The molecular weight excluding hydrogens is 523 g/mol. The van der Waals surface area contributed by atoms with E-state index in [-0.39, 0.29) is 69.3 Å². The van der Waals surface area contributed by atoms with Crippen molar-refractivity contribution in [3.8, 4) is 34.7 Å². The highest BCUT2D eigenvalue weighted by Crippen LogP contribution is 2.29. The Hall–Kier alpha value is -4.82. The summed E-state index contributed by atoms with van der Waals surface area (Å²) >= 11 is 6.12. The minimum absolute atomic E-state index is 0.00225. The fourth-order valence-electron chi connectivity index (χ4n) is 3.68. The molecular formula is C26H15ClF3N5O3. The summed E-state index contributed by atoms with van der Waals surface area (Å²) in [6, 6.07) is 13.5. The maximum absolute atomic E-state index is 15.0. The van der Waals surface area contributed by atoms with Gasteiger partial charge < -0.3 is 14.2 Å². The van der Waals surface area contributed by atoms with Gasteiger partial charge >= 0.3 is 0 Å². The van der Waals surface area contributed by atoms with Gasteiger partial charge in [0, 0.05) is 23.6 Å². The van der Waals surface area contributed by atoms with E-state index in [9.17, 15) is 13.6 Å². The molecule has 2 N–H and O–H groups in total. The smallest absolute Gasteiger partial charge is 0.280 e. The van der Waals surface area contributed by atoms with Crippen molar-refractivity contribution in [3.05, 3.63) is 110 Å². The minimum Gasteiger partial charge on any atom is -0.473 e. The van der Waals surface area contributed by atoms with Gasteiger partial charge in [0.1, 0.15) is 40.7 Å². The van der Waals surface area contributed by atoms with E-state index < -0.39 is 23.0 Å². The number of nitrogens with zero attached hydrogens (tertiary/aromatic N) is 3. The number of hydrogen-bond donors (Lipinski definition) is 2. The molecule has 0 radical (unpaired) electrons. The lowest BCUT2D eigenvalue weighted by Gasteiger charge is -2.10. The van der Waals surface area contributed by atoms with Crippen molar-refractivity contribution in [2.45, 2.75) is 13.0 Å². The molecule has 0 aliphatic heterocycles. The second-order valence-electron chi connectivity index (χ2n) is 8.09. The molecule has 0 aliphatic carbocycles. The molecule has 2 aromatic carbocycles. The third kappa shape index (κ3) is 5.16. The average Bonchev–Trinajstić information content (AvgIpc) is 3.49. The second kappa shape index (κ2) is 10.3. The standard InChI is InChI=1S/C26H15ClF3N5O3/c27-26-25(21-10-23(36)35-38-21)33-22(34-26)8-15-7-19(30)16(9-18(15)29)20-2-1-3-24(32-20)37-12-14-5-4-13(11-31)6-17(14)28/h1-7,9-10H,8,12H2,(H,33,34)(H,35,36). The van der Waals surface area contributed by atoms with E-state index >= 15 is 4.39 Å². The van der Waals surface area contributed by atoms with Gasteiger partial charge in [0.05, 0.1) is 23.4 Å². The van der Waals surface area contributed by atoms with Gasteiger partial charge in [0.2, 0.25) is 5.88 Å². The van der Waals surface area contributed by atoms with Gasteiger partial charge in [-0.2, -0.15) is 10.4 Å². The number of hydrogen-bond acceptors (Lipinski definition) is 6. The Morgan fingerprint density at radius 1 is 1.00 bits per heavy atom. The summed E-state index contributed by atoms with van der Waals surface area (Å²) in [6.07, 6.45) is -0.121. The number of benzene rings is 2. The fourth-order valence-corrected chi connectivity index (χ4v) is 3.92. The monoisotopic (exact) mass is 537 g/mol. The van der Waals surface area contributed by atoms with Crippen LogP contribution in [0.1, 0.15) is 22.5 Å². The van der Waals surface area contributed by atoms with E-state index in [0.29, 0.717) is 0 Å². The molecule has 0 spiro atoms. The van der Waals surface area contributed by atoms with Crippen LogP contribution >= 0.6 is 11.6 Å². The summed E-state index contributed by atoms with van der Waals surface area (Å²) in [7, 11) is 0. The molecule has 0 saturated carbocycles. The highest BCUT2D eigenvalue weighted by molar-refractivity contribution is 6.31. The number of H-pyrrole nitrogens is 2. The van der Waals surface area contributed by atoms with Crippen LogP contribution in [0.3, 0.4) is 0 Å². The van der Waals surface area contributed by atoms with Crippen LogP contribution in [-0.2, 0) is 13.0 Å². The summed E-state index contributed by atoms with van der Waals surface area (Å²) < 4.78 is 54.6. The Kier molecular flexibility index (Phi) is 6.72. The van der Waals surface area contributed by atoms with Crippen LogP contribution < -0.4 is 10.3 Å². The molecule has 0 saturated heterocycles. The summed E-state index contributed by atoms with van der Waals surface area (Å²) in [4.78, 5) is 22.5. The molecule has 38 heavy (non-hydrogen) atoms. The van der Waals surface area contributed by atoms with E-state index in [0.717, 1.165) is 24.3 Å². The van der Waals surface area contributed by atoms with Crippen LogP contribution in [0.2, 0.25) is 5.15 Å². The Labute approximate surface area is 217 Å². The van der Waals surface area contributed by atoms with Crippen molar-refractivity contribution in [2.24, 2.45) is 0 Å². The number of aromatic nitrogens is 4. The van der Waals surface area contributed by atoms with Crippen molar-refractivity contribution in [1.29, 1.82) is 5.26 Å². The summed E-state index contributed by atoms with van der Waals surface area (Å²) in [5.41, 5.74) is 0.0651. The van der Waals surface area contributed by atoms with E-state index in [1.807, 2.05) is 6.07 Å². The average molecular weight is 538 g/mol. The lowest BCUT2D eigenvalue weighted by molar-refractivity contribution is 0.288. The molecule has 5 aromatic rings. The maximum atomic E-state index is 15.0. The number of aromatic amines is 2. The van der Waals surface area contributed by atoms with Gasteiger partial charge in [-0.25, -0.2) is 23.1 Å². The number of ether oxygens (including phenoxy) is 1. The molecule has 12 heteroatoms. The van der Waals surface area contributed by atoms with Gasteiger partial charge in [-0.05, 0) is 35.9 Å². The first-order valence-corrected chi connectivity index (χ1v) is 11.4. The Bertz CT molecular complexity index is 1760. The normalized spacial score (nSPS) is 10.9. The molecule has 190 valence electrons. The third-order valence-corrected chi connectivity index (χ3v) is 5.79. The maximum Gasteiger partial charge on any atom is 0.280 e. The second-order valence-corrected chi connectivity index (χ2v) is 8.47. The third-order valence-electron chi connectivity index (χ3n) is 5.52. The molecule has 8 nitrogen and oxygen atoms in total. The first-order valence-electron chi connectivity index (χ1n) is 11.0. The zero-order valence-corrected chi connectivity index (χ0v) is 19.9. The first-order chi connectivity index (χ1) is 18.3. The number of nitrogens with one attached hydrogen (secondary N) is 2. The predicted molar refractivity (Wildman–Crippen MR) is 130 cm³/mol. The number of pyridine rings is 1. The number of rotatable bonds is 7. The first kappa shape index (κ1) is 24.9. The molecule has 0 aliphatic rings. The predicted octanol–water partition coefficient (Wildman–Crippen LogP) is 5.53. The largest absolute Gasteiger partial charge is 0.473 e. The summed E-state index contributed by atoms with van der Waals surface area (Å²) in [6.45, 7) is -0.177. The topological polar surface area (TPSA) is 121 Å². The molecule has 0 bridgehead atoms.